The maximum atomic E-state index is 15.4. The maximum Gasteiger partial charge on any atom is 0.224 e. The van der Waals surface area contributed by atoms with Gasteiger partial charge < -0.3 is 14.8 Å². The minimum absolute atomic E-state index is 0.173. The molecule has 4 heterocycles. The zero-order valence-electron chi connectivity index (χ0n) is 22.5. The molecule has 0 atom stereocenters. The highest BCUT2D eigenvalue weighted by molar-refractivity contribution is 6.39. The maximum absolute atomic E-state index is 15.4. The van der Waals surface area contributed by atoms with Gasteiger partial charge in [-0.3, -0.25) is 9.98 Å². The minimum atomic E-state index is -0.508. The second-order valence-corrected chi connectivity index (χ2v) is 10.3. The number of ether oxygens (including phenoxy) is 2. The predicted molar refractivity (Wildman–Crippen MR) is 161 cm³/mol. The topological polar surface area (TPSA) is 81.0 Å². The van der Waals surface area contributed by atoms with Crippen molar-refractivity contribution in [3.8, 4) is 45.4 Å². The minimum Gasteiger partial charge on any atom is -0.480 e. The van der Waals surface area contributed by atoms with Crippen LogP contribution in [0.1, 0.15) is 24.0 Å². The number of amidine groups is 1. The lowest BCUT2D eigenvalue weighted by Crippen LogP contribution is -2.20. The van der Waals surface area contributed by atoms with Gasteiger partial charge >= 0.3 is 0 Å². The Morgan fingerprint density at radius 1 is 0.732 bits per heavy atom. The third-order valence-electron chi connectivity index (χ3n) is 7.13. The summed E-state index contributed by atoms with van der Waals surface area (Å²) in [6.45, 7) is 2.25. The molecule has 1 N–H and O–H groups in total. The number of nitrogens with one attached hydrogen (secondary N) is 1. The van der Waals surface area contributed by atoms with E-state index in [4.69, 9.17) is 37.7 Å². The van der Waals surface area contributed by atoms with Crippen molar-refractivity contribution in [3.05, 3.63) is 81.6 Å². The van der Waals surface area contributed by atoms with Crippen molar-refractivity contribution < 1.29 is 13.9 Å². The van der Waals surface area contributed by atoms with Crippen molar-refractivity contribution in [1.82, 2.24) is 15.3 Å². The van der Waals surface area contributed by atoms with Crippen LogP contribution in [0.5, 0.6) is 11.8 Å². The van der Waals surface area contributed by atoms with Gasteiger partial charge in [-0.1, -0.05) is 41.4 Å². The van der Waals surface area contributed by atoms with Crippen LogP contribution in [-0.4, -0.2) is 55.4 Å². The summed E-state index contributed by atoms with van der Waals surface area (Å²) in [5.74, 6) is 1.08. The summed E-state index contributed by atoms with van der Waals surface area (Å²) in [4.78, 5) is 18.4. The first kappa shape index (κ1) is 27.2. The number of halogens is 3. The van der Waals surface area contributed by atoms with Crippen LogP contribution in [0.25, 0.3) is 33.6 Å². The smallest absolute Gasteiger partial charge is 0.224 e. The molecule has 0 aliphatic carbocycles. The predicted octanol–water partition coefficient (Wildman–Crippen LogP) is 6.87. The number of aliphatic imine (C=N–C) groups is 2. The van der Waals surface area contributed by atoms with Crippen LogP contribution in [0.3, 0.4) is 0 Å². The van der Waals surface area contributed by atoms with E-state index < -0.39 is 5.82 Å². The van der Waals surface area contributed by atoms with Gasteiger partial charge in [0.15, 0.2) is 0 Å². The van der Waals surface area contributed by atoms with Gasteiger partial charge in [0.2, 0.25) is 11.8 Å². The standard InChI is InChI=1S/C31H26Cl2FN5O2/c1-40-30-19(23-7-4-14-35-23)9-12-24(38-30)17-5-3-6-20(27(17)32)26-22(34)11-8-18(28(26)33)25-13-10-21(31(39-25)41-2)29-36-15-16-37-29/h3,5-6,8-13H,4,7,14-16H2,1-2H3,(H,36,37). The Morgan fingerprint density at radius 2 is 1.39 bits per heavy atom. The molecular weight excluding hydrogens is 564 g/mol. The molecule has 0 unspecified atom stereocenters. The van der Waals surface area contributed by atoms with Gasteiger partial charge in [-0.2, -0.15) is 0 Å². The average molecular weight is 590 g/mol. The normalized spacial score (nSPS) is 14.5. The van der Waals surface area contributed by atoms with Crippen molar-refractivity contribution in [2.75, 3.05) is 33.9 Å². The quantitative estimate of drug-likeness (QED) is 0.254. The fourth-order valence-electron chi connectivity index (χ4n) is 5.15. The lowest BCUT2D eigenvalue weighted by molar-refractivity contribution is 0.397. The van der Waals surface area contributed by atoms with Gasteiger partial charge in [0.05, 0.1) is 53.3 Å². The zero-order chi connectivity index (χ0) is 28.5. The fourth-order valence-corrected chi connectivity index (χ4v) is 5.82. The summed E-state index contributed by atoms with van der Waals surface area (Å²) in [6.07, 6.45) is 1.90. The summed E-state index contributed by atoms with van der Waals surface area (Å²) in [7, 11) is 3.13. The van der Waals surface area contributed by atoms with Gasteiger partial charge in [0.1, 0.15) is 11.7 Å². The van der Waals surface area contributed by atoms with Gasteiger partial charge in [-0.15, -0.1) is 0 Å². The van der Waals surface area contributed by atoms with Crippen molar-refractivity contribution in [3.63, 3.8) is 0 Å². The Labute approximate surface area is 247 Å². The van der Waals surface area contributed by atoms with Crippen molar-refractivity contribution in [1.29, 1.82) is 0 Å². The van der Waals surface area contributed by atoms with E-state index in [9.17, 15) is 0 Å². The molecule has 2 aromatic heterocycles. The molecule has 0 amide bonds. The molecule has 2 aliphatic rings. The van der Waals surface area contributed by atoms with Crippen molar-refractivity contribution >= 4 is 34.7 Å². The summed E-state index contributed by atoms with van der Waals surface area (Å²) in [5, 5.41) is 3.73. The fraction of sp³-hybridized carbons (Fsp3) is 0.226. The van der Waals surface area contributed by atoms with Gasteiger partial charge in [0.25, 0.3) is 0 Å². The molecular formula is C31H26Cl2FN5O2. The summed E-state index contributed by atoms with van der Waals surface area (Å²) < 4.78 is 26.6. The molecule has 0 radical (unpaired) electrons. The van der Waals surface area contributed by atoms with E-state index in [0.717, 1.165) is 48.6 Å². The van der Waals surface area contributed by atoms with Crippen LogP contribution in [0.4, 0.5) is 4.39 Å². The van der Waals surface area contributed by atoms with Crippen LogP contribution >= 0.6 is 23.2 Å². The second kappa shape index (κ2) is 11.5. The van der Waals surface area contributed by atoms with Crippen LogP contribution in [0, 0.1) is 5.82 Å². The number of benzene rings is 2. The van der Waals surface area contributed by atoms with E-state index in [1.54, 1.807) is 32.4 Å². The van der Waals surface area contributed by atoms with E-state index in [0.29, 0.717) is 51.4 Å². The number of hydrogen-bond donors (Lipinski definition) is 1. The average Bonchev–Trinajstić information content (AvgIpc) is 3.73. The van der Waals surface area contributed by atoms with Crippen molar-refractivity contribution in [2.24, 2.45) is 9.98 Å². The Kier molecular flexibility index (Phi) is 7.60. The van der Waals surface area contributed by atoms with E-state index in [1.807, 2.05) is 30.3 Å². The van der Waals surface area contributed by atoms with Crippen LogP contribution < -0.4 is 14.8 Å². The first-order chi connectivity index (χ1) is 20.0. The summed E-state index contributed by atoms with van der Waals surface area (Å²) >= 11 is 13.8. The van der Waals surface area contributed by atoms with E-state index in [-0.39, 0.29) is 10.6 Å². The van der Waals surface area contributed by atoms with E-state index >= 15 is 4.39 Å². The largest absolute Gasteiger partial charge is 0.480 e. The van der Waals surface area contributed by atoms with Gasteiger partial charge in [-0.05, 0) is 49.2 Å². The zero-order valence-corrected chi connectivity index (χ0v) is 24.0. The number of pyridine rings is 2. The molecule has 4 aromatic rings. The lowest BCUT2D eigenvalue weighted by atomic mass is 9.97. The molecule has 10 heteroatoms. The first-order valence-corrected chi connectivity index (χ1v) is 14.0. The first-order valence-electron chi connectivity index (χ1n) is 13.2. The van der Waals surface area contributed by atoms with Crippen LogP contribution in [0.15, 0.2) is 64.6 Å². The van der Waals surface area contributed by atoms with Crippen LogP contribution in [0.2, 0.25) is 10.0 Å². The number of aromatic nitrogens is 2. The molecule has 41 heavy (non-hydrogen) atoms. The van der Waals surface area contributed by atoms with Gasteiger partial charge in [0, 0.05) is 41.1 Å². The van der Waals surface area contributed by atoms with Crippen LogP contribution in [-0.2, 0) is 0 Å². The SMILES string of the molecule is COc1nc(-c2cccc(-c3c(F)ccc(-c4ccc(C5=NCCN5)c(OC)n4)c3Cl)c2Cl)ccc1C1=NCCC1. The number of rotatable bonds is 7. The Balaban J connectivity index is 1.42. The third-order valence-corrected chi connectivity index (χ3v) is 7.93. The monoisotopic (exact) mass is 589 g/mol. The third kappa shape index (κ3) is 5.02. The molecule has 7 nitrogen and oxygen atoms in total. The molecule has 0 saturated heterocycles. The van der Waals surface area contributed by atoms with E-state index in [1.165, 1.54) is 6.07 Å². The number of nitrogens with zero attached hydrogens (tertiary/aromatic N) is 4. The van der Waals surface area contributed by atoms with E-state index in [2.05, 4.69) is 20.3 Å². The Bertz CT molecular complexity index is 1720. The number of hydrogen-bond acceptors (Lipinski definition) is 7. The summed E-state index contributed by atoms with van der Waals surface area (Å²) in [6, 6.07) is 15.8. The molecule has 2 aromatic carbocycles. The lowest BCUT2D eigenvalue weighted by Gasteiger charge is -2.16. The molecule has 0 bridgehead atoms. The highest BCUT2D eigenvalue weighted by Crippen LogP contribution is 2.44. The Morgan fingerprint density at radius 3 is 2.05 bits per heavy atom. The molecule has 0 saturated carbocycles. The highest BCUT2D eigenvalue weighted by atomic mass is 35.5. The molecule has 208 valence electrons. The molecule has 0 spiro atoms. The molecule has 6 rings (SSSR count). The summed E-state index contributed by atoms with van der Waals surface area (Å²) in [5.41, 5.74) is 5.49. The second-order valence-electron chi connectivity index (χ2n) is 9.55. The molecule has 0 fully saturated rings. The number of methoxy groups -OCH3 is 2. The van der Waals surface area contributed by atoms with Crippen molar-refractivity contribution in [2.45, 2.75) is 12.8 Å². The Hall–Kier alpha value is -4.01. The van der Waals surface area contributed by atoms with Gasteiger partial charge in [-0.25, -0.2) is 14.4 Å². The highest BCUT2D eigenvalue weighted by Gasteiger charge is 2.23. The molecule has 2 aliphatic heterocycles.